The van der Waals surface area contributed by atoms with E-state index >= 15 is 0 Å². The minimum atomic E-state index is 1.09. The maximum absolute atomic E-state index is 2.32. The van der Waals surface area contributed by atoms with E-state index < -0.39 is 0 Å². The normalized spacial score (nSPS) is 21.3. The summed E-state index contributed by atoms with van der Waals surface area (Å²) in [4.78, 5) is 0. The van der Waals surface area contributed by atoms with Gasteiger partial charge < -0.3 is 0 Å². The summed E-state index contributed by atoms with van der Waals surface area (Å²) in [6.07, 6.45) is 17.9. The zero-order valence-electron chi connectivity index (χ0n) is 13.6. The summed E-state index contributed by atoms with van der Waals surface area (Å²) < 4.78 is 0. The molecule has 0 aliphatic heterocycles. The van der Waals surface area contributed by atoms with Crippen molar-refractivity contribution in [1.29, 1.82) is 0 Å². The second-order valence-corrected chi connectivity index (χ2v) is 5.82. The Morgan fingerprint density at radius 3 is 1.00 bits per heavy atom. The first-order valence-electron chi connectivity index (χ1n) is 8.86. The van der Waals surface area contributed by atoms with Gasteiger partial charge in [0.25, 0.3) is 0 Å². The van der Waals surface area contributed by atoms with E-state index in [1.807, 2.05) is 13.8 Å². The molecule has 0 nitrogen and oxygen atoms in total. The first-order valence-corrected chi connectivity index (χ1v) is 8.86. The average Bonchev–Trinajstić information content (AvgIpc) is 2.51. The van der Waals surface area contributed by atoms with E-state index in [0.717, 1.165) is 11.8 Å². The lowest BCUT2D eigenvalue weighted by Gasteiger charge is -2.18. The predicted molar refractivity (Wildman–Crippen MR) is 85.1 cm³/mol. The summed E-state index contributed by atoms with van der Waals surface area (Å²) in [5.41, 5.74) is 0. The van der Waals surface area contributed by atoms with Crippen molar-refractivity contribution in [3.8, 4) is 0 Å². The minimum Gasteiger partial charge on any atom is -0.0683 e. The molecule has 0 aromatic heterocycles. The van der Waals surface area contributed by atoms with Gasteiger partial charge in [0.05, 0.1) is 0 Å². The zero-order chi connectivity index (χ0) is 13.6. The maximum atomic E-state index is 2.32. The van der Waals surface area contributed by atoms with Gasteiger partial charge in [-0.2, -0.15) is 0 Å². The molecule has 0 heterocycles. The Bertz CT molecular complexity index is 120. The van der Waals surface area contributed by atoms with Crippen molar-refractivity contribution in [1.82, 2.24) is 0 Å². The molecule has 0 unspecified atom stereocenters. The van der Waals surface area contributed by atoms with Crippen LogP contribution in [0.1, 0.15) is 105 Å². The van der Waals surface area contributed by atoms with Gasteiger partial charge in [-0.05, 0) is 11.8 Å². The second kappa shape index (κ2) is 13.4. The van der Waals surface area contributed by atoms with Crippen LogP contribution in [0.2, 0.25) is 0 Å². The molecule has 0 atom stereocenters. The second-order valence-electron chi connectivity index (χ2n) is 5.82. The molecule has 110 valence electrons. The van der Waals surface area contributed by atoms with E-state index in [0.29, 0.717) is 0 Å². The van der Waals surface area contributed by atoms with Crippen molar-refractivity contribution >= 4 is 0 Å². The first-order chi connectivity index (χ1) is 8.86. The van der Waals surface area contributed by atoms with E-state index in [1.54, 1.807) is 0 Å². The van der Waals surface area contributed by atoms with Crippen LogP contribution in [-0.4, -0.2) is 0 Å². The van der Waals surface area contributed by atoms with Crippen molar-refractivity contribution in [2.45, 2.75) is 105 Å². The van der Waals surface area contributed by atoms with Crippen LogP contribution in [0.3, 0.4) is 0 Å². The molecule has 0 amide bonds. The third kappa shape index (κ3) is 9.00. The van der Waals surface area contributed by atoms with E-state index in [-0.39, 0.29) is 0 Å². The van der Waals surface area contributed by atoms with Gasteiger partial charge in [-0.1, -0.05) is 105 Å². The Morgan fingerprint density at radius 2 is 0.833 bits per heavy atom. The van der Waals surface area contributed by atoms with Crippen molar-refractivity contribution in [3.63, 3.8) is 0 Å². The fourth-order valence-electron chi connectivity index (χ4n) is 3.19. The van der Waals surface area contributed by atoms with Gasteiger partial charge in [0, 0.05) is 0 Å². The molecule has 0 saturated heterocycles. The number of hydrogen-bond acceptors (Lipinski definition) is 0. The van der Waals surface area contributed by atoms with Gasteiger partial charge in [-0.3, -0.25) is 0 Å². The number of hydrogen-bond donors (Lipinski definition) is 0. The van der Waals surface area contributed by atoms with Crippen LogP contribution < -0.4 is 0 Å². The molecule has 18 heavy (non-hydrogen) atoms. The van der Waals surface area contributed by atoms with Crippen LogP contribution in [0.5, 0.6) is 0 Å². The van der Waals surface area contributed by atoms with Crippen LogP contribution in [0, 0.1) is 11.8 Å². The lowest BCUT2D eigenvalue weighted by atomic mass is 9.88. The number of rotatable bonds is 2. The summed E-state index contributed by atoms with van der Waals surface area (Å²) in [7, 11) is 0. The van der Waals surface area contributed by atoms with E-state index in [9.17, 15) is 0 Å². The summed E-state index contributed by atoms with van der Waals surface area (Å²) in [5.74, 6) is 2.17. The molecular weight excluding hydrogens is 216 g/mol. The molecule has 0 aromatic rings. The van der Waals surface area contributed by atoms with Crippen LogP contribution in [0.15, 0.2) is 0 Å². The molecule has 2 aliphatic carbocycles. The quantitative estimate of drug-likeness (QED) is 0.498. The zero-order valence-corrected chi connectivity index (χ0v) is 13.6. The smallest absolute Gasteiger partial charge is 0.0417 e. The molecule has 2 rings (SSSR count). The van der Waals surface area contributed by atoms with Gasteiger partial charge >= 0.3 is 0 Å². The molecule has 0 spiro atoms. The minimum absolute atomic E-state index is 1.09. The molecule has 2 saturated carbocycles. The van der Waals surface area contributed by atoms with Gasteiger partial charge in [0.2, 0.25) is 0 Å². The monoisotopic (exact) mass is 254 g/mol. The fraction of sp³-hybridized carbons (Fsp3) is 1.00. The molecule has 2 aliphatic rings. The Labute approximate surface area is 117 Å². The standard InChI is InChI=1S/2C8H16.C2H6/c2*1-2-8-6-4-3-5-7-8;1-2/h2*8H,2-7H2,1H3;1-2H3. The van der Waals surface area contributed by atoms with Gasteiger partial charge in [0.1, 0.15) is 0 Å². The van der Waals surface area contributed by atoms with Crippen molar-refractivity contribution in [2.24, 2.45) is 11.8 Å². The molecular formula is C18H38. The van der Waals surface area contributed by atoms with Crippen molar-refractivity contribution in [3.05, 3.63) is 0 Å². The summed E-state index contributed by atoms with van der Waals surface area (Å²) >= 11 is 0. The Balaban J connectivity index is 0.000000283. The highest BCUT2D eigenvalue weighted by Gasteiger charge is 2.10. The van der Waals surface area contributed by atoms with Gasteiger partial charge in [-0.25, -0.2) is 0 Å². The van der Waals surface area contributed by atoms with Crippen LogP contribution in [0.4, 0.5) is 0 Å². The third-order valence-electron chi connectivity index (χ3n) is 4.60. The van der Waals surface area contributed by atoms with Crippen LogP contribution >= 0.6 is 0 Å². The van der Waals surface area contributed by atoms with Gasteiger partial charge in [0.15, 0.2) is 0 Å². The lowest BCUT2D eigenvalue weighted by Crippen LogP contribution is -2.03. The van der Waals surface area contributed by atoms with E-state index in [4.69, 9.17) is 0 Å². The van der Waals surface area contributed by atoms with Crippen LogP contribution in [0.25, 0.3) is 0 Å². The predicted octanol–water partition coefficient (Wildman–Crippen LogP) is 6.98. The van der Waals surface area contributed by atoms with E-state index in [2.05, 4.69) is 13.8 Å². The molecule has 0 radical (unpaired) electrons. The SMILES string of the molecule is CC.CCC1CCCCC1.CCC1CCCCC1. The highest BCUT2D eigenvalue weighted by Crippen LogP contribution is 2.26. The average molecular weight is 255 g/mol. The Morgan fingerprint density at radius 1 is 0.556 bits per heavy atom. The molecule has 0 aromatic carbocycles. The lowest BCUT2D eigenvalue weighted by molar-refractivity contribution is 0.349. The summed E-state index contributed by atoms with van der Waals surface area (Å²) in [6, 6.07) is 0. The molecule has 0 bridgehead atoms. The topological polar surface area (TPSA) is 0 Å². The Kier molecular flexibility index (Phi) is 13.4. The van der Waals surface area contributed by atoms with E-state index in [1.165, 1.54) is 77.0 Å². The summed E-state index contributed by atoms with van der Waals surface area (Å²) in [5, 5.41) is 0. The van der Waals surface area contributed by atoms with Crippen molar-refractivity contribution in [2.75, 3.05) is 0 Å². The molecule has 0 N–H and O–H groups in total. The largest absolute Gasteiger partial charge is 0.0683 e. The van der Waals surface area contributed by atoms with Crippen LogP contribution in [-0.2, 0) is 0 Å². The fourth-order valence-corrected chi connectivity index (χ4v) is 3.19. The maximum Gasteiger partial charge on any atom is -0.0417 e. The highest BCUT2D eigenvalue weighted by atomic mass is 14.2. The first kappa shape index (κ1) is 18.0. The summed E-state index contributed by atoms with van der Waals surface area (Å²) in [6.45, 7) is 8.63. The third-order valence-corrected chi connectivity index (χ3v) is 4.60. The van der Waals surface area contributed by atoms with Gasteiger partial charge in [-0.15, -0.1) is 0 Å². The highest BCUT2D eigenvalue weighted by molar-refractivity contribution is 4.63. The Hall–Kier alpha value is 0. The molecule has 2 fully saturated rings. The molecule has 0 heteroatoms. The van der Waals surface area contributed by atoms with Crippen molar-refractivity contribution < 1.29 is 0 Å².